The van der Waals surface area contributed by atoms with Crippen LogP contribution in [0, 0.1) is 0 Å². The van der Waals surface area contributed by atoms with Gasteiger partial charge in [-0.1, -0.05) is 12.1 Å². The van der Waals surface area contributed by atoms with Gasteiger partial charge in [-0.25, -0.2) is 4.79 Å². The van der Waals surface area contributed by atoms with Crippen LogP contribution in [0.2, 0.25) is 0 Å². The fraction of sp³-hybridized carbons (Fsp3) is 0.562. The first-order valence-corrected chi connectivity index (χ1v) is 6.92. The van der Waals surface area contributed by atoms with E-state index in [-0.39, 0.29) is 5.97 Å². The first kappa shape index (κ1) is 14.1. The summed E-state index contributed by atoms with van der Waals surface area (Å²) in [6, 6.07) is 8.38. The van der Waals surface area contributed by atoms with Crippen LogP contribution < -0.4 is 5.32 Å². The third-order valence-electron chi connectivity index (χ3n) is 3.34. The molecule has 0 unspecified atom stereocenters. The second-order valence-corrected chi connectivity index (χ2v) is 6.37. The van der Waals surface area contributed by atoms with Crippen LogP contribution in [0.3, 0.4) is 0 Å². The fourth-order valence-electron chi connectivity index (χ4n) is 2.45. The summed E-state index contributed by atoms with van der Waals surface area (Å²) in [5.41, 5.74) is 1.42. The van der Waals surface area contributed by atoms with Gasteiger partial charge in [-0.3, -0.25) is 0 Å². The molecule has 19 heavy (non-hydrogen) atoms. The lowest BCUT2D eigenvalue weighted by atomic mass is 9.95. The average molecular weight is 261 g/mol. The van der Waals surface area contributed by atoms with Crippen molar-refractivity contribution in [3.63, 3.8) is 0 Å². The number of ether oxygens (including phenoxy) is 1. The summed E-state index contributed by atoms with van der Waals surface area (Å²) in [5.74, 6) is 0.255. The van der Waals surface area contributed by atoms with Gasteiger partial charge < -0.3 is 10.1 Å². The molecule has 2 rings (SSSR count). The second kappa shape index (κ2) is 5.33. The Balaban J connectivity index is 2.13. The maximum atomic E-state index is 12.1. The smallest absolute Gasteiger partial charge is 0.338 e. The molecule has 3 heteroatoms. The van der Waals surface area contributed by atoms with E-state index in [2.05, 4.69) is 18.3 Å². The highest BCUT2D eigenvalue weighted by atomic mass is 16.6. The van der Waals surface area contributed by atoms with Crippen molar-refractivity contribution in [1.82, 2.24) is 5.32 Å². The summed E-state index contributed by atoms with van der Waals surface area (Å²) in [5, 5.41) is 3.44. The third-order valence-corrected chi connectivity index (χ3v) is 3.34. The van der Waals surface area contributed by atoms with E-state index in [1.807, 2.05) is 39.0 Å². The minimum atomic E-state index is -0.448. The molecule has 104 valence electrons. The van der Waals surface area contributed by atoms with E-state index in [0.717, 1.165) is 13.0 Å². The highest BCUT2D eigenvalue weighted by Gasteiger charge is 2.23. The highest BCUT2D eigenvalue weighted by molar-refractivity contribution is 5.89. The van der Waals surface area contributed by atoms with Gasteiger partial charge in [-0.15, -0.1) is 0 Å². The molecule has 0 radical (unpaired) electrons. The van der Waals surface area contributed by atoms with Crippen molar-refractivity contribution in [2.24, 2.45) is 0 Å². The van der Waals surface area contributed by atoms with Crippen LogP contribution >= 0.6 is 0 Å². The molecule has 1 fully saturated rings. The van der Waals surface area contributed by atoms with Gasteiger partial charge in [0.2, 0.25) is 0 Å². The van der Waals surface area contributed by atoms with Crippen LogP contribution in [-0.2, 0) is 4.74 Å². The van der Waals surface area contributed by atoms with Crippen molar-refractivity contribution < 1.29 is 9.53 Å². The van der Waals surface area contributed by atoms with E-state index in [1.165, 1.54) is 5.56 Å². The van der Waals surface area contributed by atoms with E-state index in [1.54, 1.807) is 0 Å². The van der Waals surface area contributed by atoms with Crippen molar-refractivity contribution in [2.45, 2.75) is 51.7 Å². The van der Waals surface area contributed by atoms with Gasteiger partial charge in [-0.05, 0) is 57.7 Å². The molecule has 0 bridgehead atoms. The van der Waals surface area contributed by atoms with Crippen LogP contribution in [0.4, 0.5) is 0 Å². The van der Waals surface area contributed by atoms with Crippen molar-refractivity contribution in [2.75, 3.05) is 6.54 Å². The molecule has 2 atom stereocenters. The molecule has 1 aromatic rings. The number of carbonyl (C=O) groups excluding carboxylic acids is 1. The average Bonchev–Trinajstić information content (AvgIpc) is 2.74. The lowest BCUT2D eigenvalue weighted by Gasteiger charge is -2.20. The molecular formula is C16H23NO2. The Morgan fingerprint density at radius 3 is 2.68 bits per heavy atom. The van der Waals surface area contributed by atoms with Gasteiger partial charge in [0, 0.05) is 12.6 Å². The number of esters is 1. The zero-order valence-corrected chi connectivity index (χ0v) is 12.2. The largest absolute Gasteiger partial charge is 0.456 e. The molecule has 1 saturated heterocycles. The molecule has 0 saturated carbocycles. The molecule has 3 nitrogen and oxygen atoms in total. The Labute approximate surface area is 115 Å². The molecule has 1 aliphatic heterocycles. The molecule has 0 spiro atoms. The van der Waals surface area contributed by atoms with Crippen LogP contribution in [0.5, 0.6) is 0 Å². The summed E-state index contributed by atoms with van der Waals surface area (Å²) in [6.45, 7) is 8.84. The Morgan fingerprint density at radius 2 is 2.11 bits per heavy atom. The molecular weight excluding hydrogens is 238 g/mol. The van der Waals surface area contributed by atoms with E-state index < -0.39 is 5.60 Å². The number of benzene rings is 1. The third kappa shape index (κ3) is 3.80. The van der Waals surface area contributed by atoms with E-state index in [9.17, 15) is 4.79 Å². The molecule has 0 aliphatic carbocycles. The number of nitrogens with one attached hydrogen (secondary N) is 1. The Hall–Kier alpha value is -1.35. The zero-order chi connectivity index (χ0) is 14.0. The summed E-state index contributed by atoms with van der Waals surface area (Å²) in [6.07, 6.45) is 1.12. The Bertz CT molecular complexity index is 462. The monoisotopic (exact) mass is 261 g/mol. The van der Waals surface area contributed by atoms with Crippen molar-refractivity contribution >= 4 is 5.97 Å². The summed E-state index contributed by atoms with van der Waals surface area (Å²) >= 11 is 0. The summed E-state index contributed by atoms with van der Waals surface area (Å²) in [4.78, 5) is 12.1. The molecule has 1 heterocycles. The Morgan fingerprint density at radius 1 is 1.37 bits per heavy atom. The van der Waals surface area contributed by atoms with E-state index in [0.29, 0.717) is 17.5 Å². The van der Waals surface area contributed by atoms with Crippen LogP contribution in [0.15, 0.2) is 24.3 Å². The highest BCUT2D eigenvalue weighted by Crippen LogP contribution is 2.26. The number of rotatable bonds is 2. The number of hydrogen-bond donors (Lipinski definition) is 1. The molecule has 0 amide bonds. The first-order chi connectivity index (χ1) is 8.85. The quantitative estimate of drug-likeness (QED) is 0.831. The minimum absolute atomic E-state index is 0.242. The predicted octanol–water partition coefficient (Wildman–Crippen LogP) is 3.11. The van der Waals surface area contributed by atoms with Gasteiger partial charge in [0.1, 0.15) is 5.60 Å². The summed E-state index contributed by atoms with van der Waals surface area (Å²) < 4.78 is 5.41. The van der Waals surface area contributed by atoms with Crippen molar-refractivity contribution in [3.8, 4) is 0 Å². The lowest BCUT2D eigenvalue weighted by Crippen LogP contribution is -2.24. The normalized spacial score (nSPS) is 23.4. The maximum Gasteiger partial charge on any atom is 0.338 e. The summed E-state index contributed by atoms with van der Waals surface area (Å²) in [7, 11) is 0. The van der Waals surface area contributed by atoms with Crippen LogP contribution in [0.1, 0.15) is 56.0 Å². The van der Waals surface area contributed by atoms with Gasteiger partial charge >= 0.3 is 5.97 Å². The molecule has 0 aromatic heterocycles. The molecule has 1 aromatic carbocycles. The van der Waals surface area contributed by atoms with Gasteiger partial charge in [0.15, 0.2) is 0 Å². The Kier molecular flexibility index (Phi) is 3.95. The molecule has 1 aliphatic rings. The van der Waals surface area contributed by atoms with Gasteiger partial charge in [0.25, 0.3) is 0 Å². The lowest BCUT2D eigenvalue weighted by molar-refractivity contribution is 0.00694. The fourth-order valence-corrected chi connectivity index (χ4v) is 2.45. The SMILES string of the molecule is C[C@@H]1C[C@@H](c2cccc(C(=O)OC(C)(C)C)c2)CN1. The number of carbonyl (C=O) groups is 1. The second-order valence-electron chi connectivity index (χ2n) is 6.37. The first-order valence-electron chi connectivity index (χ1n) is 6.92. The van der Waals surface area contributed by atoms with E-state index in [4.69, 9.17) is 4.74 Å². The minimum Gasteiger partial charge on any atom is -0.456 e. The van der Waals surface area contributed by atoms with Crippen molar-refractivity contribution in [1.29, 1.82) is 0 Å². The van der Waals surface area contributed by atoms with Crippen LogP contribution in [-0.4, -0.2) is 24.2 Å². The standard InChI is InChI=1S/C16H23NO2/c1-11-8-14(10-17-11)12-6-5-7-13(9-12)15(18)19-16(2,3)4/h5-7,9,11,14,17H,8,10H2,1-4H3/t11-,14-/m1/s1. The topological polar surface area (TPSA) is 38.3 Å². The number of hydrogen-bond acceptors (Lipinski definition) is 3. The molecule has 1 N–H and O–H groups in total. The van der Waals surface area contributed by atoms with Crippen molar-refractivity contribution in [3.05, 3.63) is 35.4 Å². The zero-order valence-electron chi connectivity index (χ0n) is 12.2. The van der Waals surface area contributed by atoms with E-state index >= 15 is 0 Å². The van der Waals surface area contributed by atoms with Crippen LogP contribution in [0.25, 0.3) is 0 Å². The maximum absolute atomic E-state index is 12.1. The predicted molar refractivity (Wildman–Crippen MR) is 76.4 cm³/mol. The van der Waals surface area contributed by atoms with Gasteiger partial charge in [0.05, 0.1) is 5.56 Å². The van der Waals surface area contributed by atoms with Gasteiger partial charge in [-0.2, -0.15) is 0 Å².